The summed E-state index contributed by atoms with van der Waals surface area (Å²) in [7, 11) is 0. The van der Waals surface area contributed by atoms with E-state index in [4.69, 9.17) is 9.47 Å². The maximum atomic E-state index is 6.60. The van der Waals surface area contributed by atoms with Gasteiger partial charge in [0.1, 0.15) is 5.60 Å². The third kappa shape index (κ3) is 4.02. The van der Waals surface area contributed by atoms with E-state index in [9.17, 15) is 0 Å². The van der Waals surface area contributed by atoms with E-state index in [2.05, 4.69) is 28.9 Å². The summed E-state index contributed by atoms with van der Waals surface area (Å²) in [6.45, 7) is 10.5. The molecule has 3 aliphatic heterocycles. The predicted octanol–water partition coefficient (Wildman–Crippen LogP) is 2.90. The highest BCUT2D eigenvalue weighted by molar-refractivity contribution is 7.11. The molecule has 2 atom stereocenters. The van der Waals surface area contributed by atoms with Crippen molar-refractivity contribution in [1.82, 2.24) is 9.80 Å². The Balaban J connectivity index is 1.36. The standard InChI is InChI=1S/C19H30N2O2S/c1-16-4-5-18(24-16)13-21-10-11-22-15-19(14-21)7-6-17(23-19)12-20-8-2-3-9-20/h4-5,17H,2-3,6-15H2,1H3/t17-,19-/m1/s1. The van der Waals surface area contributed by atoms with Gasteiger partial charge in [-0.25, -0.2) is 0 Å². The summed E-state index contributed by atoms with van der Waals surface area (Å²) >= 11 is 1.91. The van der Waals surface area contributed by atoms with E-state index in [-0.39, 0.29) is 5.60 Å². The summed E-state index contributed by atoms with van der Waals surface area (Å²) in [6, 6.07) is 4.49. The lowest BCUT2D eigenvalue weighted by Gasteiger charge is -2.32. The van der Waals surface area contributed by atoms with Gasteiger partial charge in [-0.1, -0.05) is 0 Å². The maximum Gasteiger partial charge on any atom is 0.105 e. The molecule has 0 radical (unpaired) electrons. The van der Waals surface area contributed by atoms with E-state index in [1.165, 1.54) is 42.1 Å². The molecule has 1 spiro atoms. The van der Waals surface area contributed by atoms with Crippen LogP contribution in [0.15, 0.2) is 12.1 Å². The van der Waals surface area contributed by atoms with E-state index in [1.54, 1.807) is 0 Å². The average molecular weight is 351 g/mol. The average Bonchev–Trinajstić information content (AvgIpc) is 3.25. The Bertz CT molecular complexity index is 543. The molecular formula is C19H30N2O2S. The van der Waals surface area contributed by atoms with E-state index >= 15 is 0 Å². The minimum absolute atomic E-state index is 0.0762. The lowest BCUT2D eigenvalue weighted by Crippen LogP contribution is -2.45. The largest absolute Gasteiger partial charge is 0.377 e. The molecule has 3 saturated heterocycles. The summed E-state index contributed by atoms with van der Waals surface area (Å²) in [5.74, 6) is 0. The van der Waals surface area contributed by atoms with Crippen molar-refractivity contribution in [1.29, 1.82) is 0 Å². The van der Waals surface area contributed by atoms with Crippen molar-refractivity contribution in [2.75, 3.05) is 45.9 Å². The van der Waals surface area contributed by atoms with Gasteiger partial charge in [-0.2, -0.15) is 0 Å². The van der Waals surface area contributed by atoms with Crippen molar-refractivity contribution in [3.8, 4) is 0 Å². The monoisotopic (exact) mass is 350 g/mol. The zero-order valence-corrected chi connectivity index (χ0v) is 15.7. The molecule has 0 bridgehead atoms. The highest BCUT2D eigenvalue weighted by Crippen LogP contribution is 2.34. The molecule has 4 heterocycles. The predicted molar refractivity (Wildman–Crippen MR) is 97.7 cm³/mol. The van der Waals surface area contributed by atoms with Gasteiger partial charge in [0.2, 0.25) is 0 Å². The lowest BCUT2D eigenvalue weighted by molar-refractivity contribution is -0.0913. The molecule has 0 aliphatic carbocycles. The summed E-state index contributed by atoms with van der Waals surface area (Å²) in [6.07, 6.45) is 5.44. The number of aryl methyl sites for hydroxylation is 1. The fraction of sp³-hybridized carbons (Fsp3) is 0.789. The quantitative estimate of drug-likeness (QED) is 0.834. The Morgan fingerprint density at radius 2 is 2.08 bits per heavy atom. The Kier molecular flexibility index (Phi) is 5.25. The summed E-state index contributed by atoms with van der Waals surface area (Å²) < 4.78 is 12.5. The van der Waals surface area contributed by atoms with Gasteiger partial charge in [0, 0.05) is 35.9 Å². The zero-order chi connectivity index (χ0) is 16.4. The van der Waals surface area contributed by atoms with Gasteiger partial charge < -0.3 is 14.4 Å². The van der Waals surface area contributed by atoms with E-state index in [0.29, 0.717) is 6.10 Å². The van der Waals surface area contributed by atoms with Crippen molar-refractivity contribution >= 4 is 11.3 Å². The SMILES string of the molecule is Cc1ccc(CN2CCOC[C@@]3(CC[C@H](CN4CCCC4)O3)C2)s1. The third-order valence-electron chi connectivity index (χ3n) is 5.60. The van der Waals surface area contributed by atoms with Gasteiger partial charge in [0.05, 0.1) is 19.3 Å². The summed E-state index contributed by atoms with van der Waals surface area (Å²) in [5.41, 5.74) is -0.0762. The molecule has 4 rings (SSSR count). The number of nitrogens with zero attached hydrogens (tertiary/aromatic N) is 2. The second kappa shape index (κ2) is 7.42. The second-order valence-corrected chi connectivity index (χ2v) is 9.12. The van der Waals surface area contributed by atoms with E-state index in [0.717, 1.165) is 45.8 Å². The molecular weight excluding hydrogens is 320 g/mol. The molecule has 4 nitrogen and oxygen atoms in total. The molecule has 3 aliphatic rings. The van der Waals surface area contributed by atoms with Crippen LogP contribution in [0.1, 0.15) is 35.4 Å². The van der Waals surface area contributed by atoms with Crippen LogP contribution in [0.25, 0.3) is 0 Å². The summed E-state index contributed by atoms with van der Waals surface area (Å²) in [5, 5.41) is 0. The Labute approximate surface area is 149 Å². The number of ether oxygens (including phenoxy) is 2. The fourth-order valence-electron chi connectivity index (χ4n) is 4.41. The molecule has 0 N–H and O–H groups in total. The van der Waals surface area contributed by atoms with Gasteiger partial charge in [-0.05, 0) is 57.8 Å². The van der Waals surface area contributed by atoms with Crippen LogP contribution >= 0.6 is 11.3 Å². The molecule has 0 aromatic carbocycles. The Morgan fingerprint density at radius 1 is 1.21 bits per heavy atom. The number of rotatable bonds is 4. The van der Waals surface area contributed by atoms with Gasteiger partial charge >= 0.3 is 0 Å². The van der Waals surface area contributed by atoms with E-state index < -0.39 is 0 Å². The molecule has 134 valence electrons. The maximum absolute atomic E-state index is 6.60. The normalized spacial score (nSPS) is 32.6. The van der Waals surface area contributed by atoms with Crippen LogP contribution in [0.4, 0.5) is 0 Å². The topological polar surface area (TPSA) is 24.9 Å². The van der Waals surface area contributed by atoms with Gasteiger partial charge in [0.15, 0.2) is 0 Å². The first kappa shape index (κ1) is 17.0. The number of likely N-dealkylation sites (tertiary alicyclic amines) is 1. The van der Waals surface area contributed by atoms with Crippen LogP contribution in [-0.2, 0) is 16.0 Å². The van der Waals surface area contributed by atoms with Crippen LogP contribution in [0.3, 0.4) is 0 Å². The van der Waals surface area contributed by atoms with E-state index in [1.807, 2.05) is 11.3 Å². The minimum atomic E-state index is -0.0762. The van der Waals surface area contributed by atoms with Crippen LogP contribution in [0.5, 0.6) is 0 Å². The highest BCUT2D eigenvalue weighted by Gasteiger charge is 2.43. The minimum Gasteiger partial charge on any atom is -0.377 e. The second-order valence-electron chi connectivity index (χ2n) is 7.74. The number of hydrogen-bond acceptors (Lipinski definition) is 5. The number of thiophene rings is 1. The first-order chi connectivity index (χ1) is 11.7. The Morgan fingerprint density at radius 3 is 2.88 bits per heavy atom. The first-order valence-corrected chi connectivity index (χ1v) is 10.3. The van der Waals surface area contributed by atoms with Crippen LogP contribution < -0.4 is 0 Å². The van der Waals surface area contributed by atoms with Crippen LogP contribution in [-0.4, -0.2) is 67.4 Å². The number of hydrogen-bond donors (Lipinski definition) is 0. The molecule has 0 saturated carbocycles. The smallest absolute Gasteiger partial charge is 0.105 e. The summed E-state index contributed by atoms with van der Waals surface area (Å²) in [4.78, 5) is 7.97. The van der Waals surface area contributed by atoms with Crippen molar-refractivity contribution < 1.29 is 9.47 Å². The van der Waals surface area contributed by atoms with Crippen molar-refractivity contribution in [2.24, 2.45) is 0 Å². The van der Waals surface area contributed by atoms with Crippen LogP contribution in [0, 0.1) is 6.92 Å². The molecule has 0 amide bonds. The fourth-order valence-corrected chi connectivity index (χ4v) is 5.34. The zero-order valence-electron chi connectivity index (χ0n) is 14.8. The van der Waals surface area contributed by atoms with Gasteiger partial charge in [-0.15, -0.1) is 11.3 Å². The van der Waals surface area contributed by atoms with Crippen molar-refractivity contribution in [2.45, 2.75) is 50.9 Å². The van der Waals surface area contributed by atoms with Gasteiger partial charge in [0.25, 0.3) is 0 Å². The van der Waals surface area contributed by atoms with Crippen LogP contribution in [0.2, 0.25) is 0 Å². The molecule has 1 aromatic rings. The molecule has 0 unspecified atom stereocenters. The molecule has 1 aromatic heterocycles. The highest BCUT2D eigenvalue weighted by atomic mass is 32.1. The molecule has 5 heteroatoms. The van der Waals surface area contributed by atoms with Crippen molar-refractivity contribution in [3.63, 3.8) is 0 Å². The Hall–Kier alpha value is -0.460. The van der Waals surface area contributed by atoms with Gasteiger partial charge in [-0.3, -0.25) is 4.90 Å². The third-order valence-corrected chi connectivity index (χ3v) is 6.59. The van der Waals surface area contributed by atoms with Crippen molar-refractivity contribution in [3.05, 3.63) is 21.9 Å². The lowest BCUT2D eigenvalue weighted by atomic mass is 10.00. The molecule has 3 fully saturated rings. The first-order valence-electron chi connectivity index (χ1n) is 9.46. The molecule has 24 heavy (non-hydrogen) atoms.